The first kappa shape index (κ1) is 20.5. The van der Waals surface area contributed by atoms with Gasteiger partial charge in [-0.3, -0.25) is 9.88 Å². The van der Waals surface area contributed by atoms with Crippen LogP contribution in [0, 0.1) is 0 Å². The SMILES string of the molecule is Cl.FC(F)(F)c1ccc(C2=CCN(CCCc3ccncc3)CC2)cc1. The van der Waals surface area contributed by atoms with E-state index < -0.39 is 11.7 Å². The lowest BCUT2D eigenvalue weighted by Gasteiger charge is -2.26. The molecule has 2 nitrogen and oxygen atoms in total. The first-order chi connectivity index (χ1) is 12.0. The van der Waals surface area contributed by atoms with Crippen LogP contribution in [0.15, 0.2) is 54.9 Å². The Labute approximate surface area is 158 Å². The fraction of sp³-hybridized carbons (Fsp3) is 0.350. The van der Waals surface area contributed by atoms with Crippen LogP contribution in [0.1, 0.15) is 29.5 Å². The molecule has 140 valence electrons. The van der Waals surface area contributed by atoms with Crippen molar-refractivity contribution in [2.45, 2.75) is 25.4 Å². The van der Waals surface area contributed by atoms with E-state index in [2.05, 4.69) is 16.0 Å². The molecule has 1 aromatic carbocycles. The van der Waals surface area contributed by atoms with E-state index in [-0.39, 0.29) is 12.4 Å². The molecule has 6 heteroatoms. The molecule has 0 radical (unpaired) electrons. The van der Waals surface area contributed by atoms with E-state index in [0.29, 0.717) is 0 Å². The largest absolute Gasteiger partial charge is 0.416 e. The fourth-order valence-electron chi connectivity index (χ4n) is 3.11. The van der Waals surface area contributed by atoms with Crippen LogP contribution < -0.4 is 0 Å². The van der Waals surface area contributed by atoms with Crippen molar-refractivity contribution in [3.63, 3.8) is 0 Å². The Morgan fingerprint density at radius 3 is 2.27 bits per heavy atom. The van der Waals surface area contributed by atoms with E-state index in [9.17, 15) is 13.2 Å². The summed E-state index contributed by atoms with van der Waals surface area (Å²) in [5.74, 6) is 0. The van der Waals surface area contributed by atoms with Crippen molar-refractivity contribution in [2.75, 3.05) is 19.6 Å². The van der Waals surface area contributed by atoms with Crippen molar-refractivity contribution in [3.05, 3.63) is 71.6 Å². The van der Waals surface area contributed by atoms with E-state index >= 15 is 0 Å². The van der Waals surface area contributed by atoms with Crippen LogP contribution in [0.25, 0.3) is 5.57 Å². The summed E-state index contributed by atoms with van der Waals surface area (Å²) in [7, 11) is 0. The average Bonchev–Trinajstić information content (AvgIpc) is 2.63. The minimum Gasteiger partial charge on any atom is -0.299 e. The van der Waals surface area contributed by atoms with Crippen molar-refractivity contribution in [1.29, 1.82) is 0 Å². The lowest BCUT2D eigenvalue weighted by Crippen LogP contribution is -2.29. The second-order valence-corrected chi connectivity index (χ2v) is 6.31. The molecule has 1 aliphatic rings. The van der Waals surface area contributed by atoms with Crippen molar-refractivity contribution in [3.8, 4) is 0 Å². The smallest absolute Gasteiger partial charge is 0.299 e. The monoisotopic (exact) mass is 382 g/mol. The first-order valence-corrected chi connectivity index (χ1v) is 8.50. The third-order valence-electron chi connectivity index (χ3n) is 4.57. The Morgan fingerprint density at radius 2 is 1.69 bits per heavy atom. The van der Waals surface area contributed by atoms with Crippen molar-refractivity contribution in [1.82, 2.24) is 9.88 Å². The summed E-state index contributed by atoms with van der Waals surface area (Å²) in [6.45, 7) is 2.83. The normalized spacial score (nSPS) is 15.3. The Kier molecular flexibility index (Phi) is 7.23. The maximum absolute atomic E-state index is 12.6. The fourth-order valence-corrected chi connectivity index (χ4v) is 3.11. The van der Waals surface area contributed by atoms with Crippen LogP contribution in [0.2, 0.25) is 0 Å². The number of hydrogen-bond donors (Lipinski definition) is 0. The molecule has 0 atom stereocenters. The molecule has 2 aromatic rings. The standard InChI is InChI=1S/C20H21F3N2.ClH/c21-20(22,23)19-5-3-17(4-6-19)18-9-14-25(15-10-18)13-1-2-16-7-11-24-12-8-16;/h3-9,11-12H,1-2,10,13-15H2;1H. The summed E-state index contributed by atoms with van der Waals surface area (Å²) in [6.07, 6.45) is 4.50. The number of aryl methyl sites for hydroxylation is 1. The zero-order chi connectivity index (χ0) is 17.7. The molecule has 0 saturated carbocycles. The topological polar surface area (TPSA) is 16.1 Å². The van der Waals surface area contributed by atoms with Gasteiger partial charge in [0.25, 0.3) is 0 Å². The molecule has 0 aliphatic carbocycles. The molecule has 1 aromatic heterocycles. The molecule has 0 fully saturated rings. The Morgan fingerprint density at radius 1 is 1.00 bits per heavy atom. The summed E-state index contributed by atoms with van der Waals surface area (Å²) < 4.78 is 37.9. The van der Waals surface area contributed by atoms with Gasteiger partial charge in [0.05, 0.1) is 5.56 Å². The minimum absolute atomic E-state index is 0. The summed E-state index contributed by atoms with van der Waals surface area (Å²) in [6, 6.07) is 9.56. The molecule has 0 N–H and O–H groups in total. The molecule has 26 heavy (non-hydrogen) atoms. The molecule has 0 saturated heterocycles. The van der Waals surface area contributed by atoms with Gasteiger partial charge in [-0.1, -0.05) is 18.2 Å². The van der Waals surface area contributed by atoms with E-state index in [1.807, 2.05) is 24.5 Å². The number of hydrogen-bond acceptors (Lipinski definition) is 2. The quantitative estimate of drug-likeness (QED) is 0.702. The van der Waals surface area contributed by atoms with Crippen molar-refractivity contribution < 1.29 is 13.2 Å². The average molecular weight is 383 g/mol. The van der Waals surface area contributed by atoms with Crippen LogP contribution >= 0.6 is 12.4 Å². The molecule has 0 amide bonds. The van der Waals surface area contributed by atoms with Gasteiger partial charge in [-0.25, -0.2) is 0 Å². The van der Waals surface area contributed by atoms with Crippen LogP contribution in [0.4, 0.5) is 13.2 Å². The molecule has 2 heterocycles. The molecular weight excluding hydrogens is 361 g/mol. The van der Waals surface area contributed by atoms with Gasteiger partial charge in [-0.15, -0.1) is 12.4 Å². The lowest BCUT2D eigenvalue weighted by molar-refractivity contribution is -0.137. The predicted octanol–water partition coefficient (Wildman–Crippen LogP) is 5.24. The highest BCUT2D eigenvalue weighted by Gasteiger charge is 2.30. The van der Waals surface area contributed by atoms with Crippen LogP contribution in [-0.2, 0) is 12.6 Å². The molecule has 3 rings (SSSR count). The highest BCUT2D eigenvalue weighted by molar-refractivity contribution is 5.85. The third-order valence-corrected chi connectivity index (χ3v) is 4.57. The number of halogens is 4. The van der Waals surface area contributed by atoms with Gasteiger partial charge in [0.2, 0.25) is 0 Å². The zero-order valence-electron chi connectivity index (χ0n) is 14.4. The molecular formula is C20H22ClF3N2. The third kappa shape index (κ3) is 5.58. The van der Waals surface area contributed by atoms with Gasteiger partial charge < -0.3 is 0 Å². The zero-order valence-corrected chi connectivity index (χ0v) is 15.2. The lowest BCUT2D eigenvalue weighted by atomic mass is 9.98. The number of aromatic nitrogens is 1. The molecule has 0 spiro atoms. The van der Waals surface area contributed by atoms with Crippen LogP contribution in [0.5, 0.6) is 0 Å². The van der Waals surface area contributed by atoms with Gasteiger partial charge in [0.1, 0.15) is 0 Å². The van der Waals surface area contributed by atoms with Gasteiger partial charge in [-0.05, 0) is 66.8 Å². The number of pyridine rings is 1. The van der Waals surface area contributed by atoms with Crippen LogP contribution in [0.3, 0.4) is 0 Å². The summed E-state index contributed by atoms with van der Waals surface area (Å²) in [5, 5.41) is 0. The maximum Gasteiger partial charge on any atom is 0.416 e. The van der Waals surface area contributed by atoms with Crippen molar-refractivity contribution in [2.24, 2.45) is 0 Å². The van der Waals surface area contributed by atoms with E-state index in [4.69, 9.17) is 0 Å². The van der Waals surface area contributed by atoms with E-state index in [1.54, 1.807) is 12.1 Å². The number of alkyl halides is 3. The Hall–Kier alpha value is -1.85. The summed E-state index contributed by atoms with van der Waals surface area (Å²) in [4.78, 5) is 6.40. The van der Waals surface area contributed by atoms with E-state index in [1.165, 1.54) is 5.56 Å². The van der Waals surface area contributed by atoms with Gasteiger partial charge in [0.15, 0.2) is 0 Å². The molecule has 1 aliphatic heterocycles. The van der Waals surface area contributed by atoms with E-state index in [0.717, 1.165) is 62.2 Å². The van der Waals surface area contributed by atoms with Crippen LogP contribution in [-0.4, -0.2) is 29.5 Å². The molecule has 0 bridgehead atoms. The number of benzene rings is 1. The summed E-state index contributed by atoms with van der Waals surface area (Å²) >= 11 is 0. The second-order valence-electron chi connectivity index (χ2n) is 6.31. The Balaban J connectivity index is 0.00000243. The molecule has 0 unspecified atom stereocenters. The first-order valence-electron chi connectivity index (χ1n) is 8.50. The Bertz CT molecular complexity index is 712. The predicted molar refractivity (Wildman–Crippen MR) is 100 cm³/mol. The maximum atomic E-state index is 12.6. The minimum atomic E-state index is -4.27. The number of rotatable bonds is 5. The highest BCUT2D eigenvalue weighted by Crippen LogP contribution is 2.31. The van der Waals surface area contributed by atoms with Crippen molar-refractivity contribution >= 4 is 18.0 Å². The second kappa shape index (κ2) is 9.19. The summed E-state index contributed by atoms with van der Waals surface area (Å²) in [5.41, 5.74) is 2.74. The highest BCUT2D eigenvalue weighted by atomic mass is 35.5. The number of nitrogens with zero attached hydrogens (tertiary/aromatic N) is 2. The van der Waals surface area contributed by atoms with Gasteiger partial charge >= 0.3 is 6.18 Å². The van der Waals surface area contributed by atoms with Gasteiger partial charge in [0, 0.05) is 25.5 Å². The van der Waals surface area contributed by atoms with Gasteiger partial charge in [-0.2, -0.15) is 13.2 Å².